The highest BCUT2D eigenvalue weighted by atomic mass is 31.1. The van der Waals surface area contributed by atoms with Crippen molar-refractivity contribution in [3.05, 3.63) is 83.9 Å². The molecule has 0 heterocycles. The number of hydrogen-bond donors (Lipinski definition) is 0. The van der Waals surface area contributed by atoms with Crippen LogP contribution in [-0.2, 0) is 0 Å². The van der Waals surface area contributed by atoms with Gasteiger partial charge in [-0.2, -0.15) is 0 Å². The minimum Gasteiger partial charge on any atom is -0.108 e. The van der Waals surface area contributed by atoms with Crippen molar-refractivity contribution >= 4 is 28.0 Å². The highest BCUT2D eigenvalue weighted by Gasteiger charge is 1.95. The molecule has 0 saturated heterocycles. The Bertz CT molecular complexity index is 568. The largest absolute Gasteiger partial charge is 0.108 e. The van der Waals surface area contributed by atoms with Gasteiger partial charge in [0.05, 0.1) is 0 Å². The van der Waals surface area contributed by atoms with Crippen molar-refractivity contribution in [3.8, 4) is 0 Å². The molecule has 0 nitrogen and oxygen atoms in total. The van der Waals surface area contributed by atoms with Crippen molar-refractivity contribution in [3.63, 3.8) is 0 Å². The van der Waals surface area contributed by atoms with Gasteiger partial charge in [-0.15, -0.1) is 15.8 Å². The fourth-order valence-corrected chi connectivity index (χ4v) is 5.49. The van der Waals surface area contributed by atoms with Gasteiger partial charge in [-0.3, -0.25) is 0 Å². The van der Waals surface area contributed by atoms with Crippen LogP contribution in [-0.4, -0.2) is 37.0 Å². The Kier molecular flexibility index (Phi) is 20.2. The molecule has 2 rings (SSSR count). The summed E-state index contributed by atoms with van der Waals surface area (Å²) >= 11 is 0. The lowest BCUT2D eigenvalue weighted by molar-refractivity contribution is 1.35. The molecule has 2 aromatic carbocycles. The maximum Gasteiger partial charge on any atom is -0.0257 e. The van der Waals surface area contributed by atoms with Crippen LogP contribution in [0.2, 0.25) is 0 Å². The van der Waals surface area contributed by atoms with E-state index in [1.54, 1.807) is 0 Å². The lowest BCUT2D eigenvalue weighted by Gasteiger charge is -2.07. The van der Waals surface area contributed by atoms with E-state index in [0.717, 1.165) is 0 Å². The first-order valence-corrected chi connectivity index (χ1v) is 15.3. The van der Waals surface area contributed by atoms with Crippen molar-refractivity contribution < 1.29 is 0 Å². The standard InChI is InChI=1S/C16H14.2C6H15P/c1-3-9-15(10-4-1)13-7-8-14-16-11-5-2-6-12-16;2*1-4-7(5-2)6-3/h1-14H;2*4-6H2,1-3H3/b13-7+,14-8+;;. The molecule has 166 valence electrons. The summed E-state index contributed by atoms with van der Waals surface area (Å²) in [6.45, 7) is 13.7. The summed E-state index contributed by atoms with van der Waals surface area (Å²) < 4.78 is 0. The van der Waals surface area contributed by atoms with E-state index in [4.69, 9.17) is 0 Å². The van der Waals surface area contributed by atoms with E-state index < -0.39 is 0 Å². The predicted molar refractivity (Wildman–Crippen MR) is 148 cm³/mol. The molecular formula is C28H44P2. The maximum atomic E-state index is 2.29. The van der Waals surface area contributed by atoms with E-state index in [1.807, 2.05) is 36.4 Å². The molecule has 0 radical (unpaired) electrons. The Morgan fingerprint density at radius 2 is 0.733 bits per heavy atom. The summed E-state index contributed by atoms with van der Waals surface area (Å²) in [7, 11) is 0.892. The summed E-state index contributed by atoms with van der Waals surface area (Å²) in [5.74, 6) is 0. The third-order valence-corrected chi connectivity index (χ3v) is 10.3. The molecule has 0 unspecified atom stereocenters. The van der Waals surface area contributed by atoms with Crippen LogP contribution in [0, 0.1) is 0 Å². The quantitative estimate of drug-likeness (QED) is 0.268. The van der Waals surface area contributed by atoms with Gasteiger partial charge < -0.3 is 0 Å². The number of benzene rings is 2. The van der Waals surface area contributed by atoms with Gasteiger partial charge in [-0.05, 0) is 48.1 Å². The molecule has 30 heavy (non-hydrogen) atoms. The normalized spacial score (nSPS) is 10.8. The summed E-state index contributed by atoms with van der Waals surface area (Å²) in [4.78, 5) is 0. The molecule has 2 heteroatoms. The van der Waals surface area contributed by atoms with E-state index in [1.165, 1.54) is 48.1 Å². The SMILES string of the molecule is C(/C=C/c1ccccc1)=C\c1ccccc1.CCP(CC)CC.CCP(CC)CC. The Morgan fingerprint density at radius 1 is 0.467 bits per heavy atom. The molecule has 0 aliphatic rings. The van der Waals surface area contributed by atoms with E-state index in [9.17, 15) is 0 Å². The average molecular weight is 443 g/mol. The van der Waals surface area contributed by atoms with Crippen LogP contribution in [0.3, 0.4) is 0 Å². The van der Waals surface area contributed by atoms with E-state index in [2.05, 4.69) is 90.1 Å². The number of allylic oxidation sites excluding steroid dienone is 2. The van der Waals surface area contributed by atoms with Gasteiger partial charge in [0.2, 0.25) is 0 Å². The molecule has 0 saturated carbocycles. The molecule has 0 aliphatic carbocycles. The molecule has 0 fully saturated rings. The monoisotopic (exact) mass is 442 g/mol. The summed E-state index contributed by atoms with van der Waals surface area (Å²) in [6.07, 6.45) is 16.8. The van der Waals surface area contributed by atoms with E-state index in [-0.39, 0.29) is 0 Å². The van der Waals surface area contributed by atoms with E-state index in [0.29, 0.717) is 15.8 Å². The Morgan fingerprint density at radius 3 is 0.933 bits per heavy atom. The van der Waals surface area contributed by atoms with Crippen molar-refractivity contribution in [2.45, 2.75) is 41.5 Å². The van der Waals surface area contributed by atoms with Crippen LogP contribution in [0.4, 0.5) is 0 Å². The number of hydrogen-bond acceptors (Lipinski definition) is 0. The van der Waals surface area contributed by atoms with Crippen molar-refractivity contribution in [2.24, 2.45) is 0 Å². The lowest BCUT2D eigenvalue weighted by Crippen LogP contribution is -1.83. The van der Waals surface area contributed by atoms with Crippen LogP contribution in [0.1, 0.15) is 52.7 Å². The van der Waals surface area contributed by atoms with Crippen molar-refractivity contribution in [1.29, 1.82) is 0 Å². The fraction of sp³-hybridized carbons (Fsp3) is 0.429. The zero-order chi connectivity index (χ0) is 22.5. The second-order valence-corrected chi connectivity index (χ2v) is 13.3. The Labute approximate surface area is 190 Å². The number of rotatable bonds is 9. The maximum absolute atomic E-state index is 2.29. The average Bonchev–Trinajstić information content (AvgIpc) is 2.81. The second-order valence-electron chi connectivity index (χ2n) is 6.78. The first kappa shape index (κ1) is 28.8. The van der Waals surface area contributed by atoms with Crippen LogP contribution in [0.25, 0.3) is 12.2 Å². The molecule has 0 aromatic heterocycles. The lowest BCUT2D eigenvalue weighted by atomic mass is 10.2. The van der Waals surface area contributed by atoms with Crippen LogP contribution < -0.4 is 0 Å². The van der Waals surface area contributed by atoms with Gasteiger partial charge in [0.25, 0.3) is 0 Å². The van der Waals surface area contributed by atoms with Crippen LogP contribution in [0.15, 0.2) is 72.8 Å². The van der Waals surface area contributed by atoms with E-state index >= 15 is 0 Å². The minimum atomic E-state index is 0.446. The minimum absolute atomic E-state index is 0.446. The van der Waals surface area contributed by atoms with Crippen LogP contribution in [0.5, 0.6) is 0 Å². The van der Waals surface area contributed by atoms with Gasteiger partial charge in [-0.1, -0.05) is 127 Å². The molecule has 0 amide bonds. The van der Waals surface area contributed by atoms with Gasteiger partial charge in [0.1, 0.15) is 0 Å². The third kappa shape index (κ3) is 15.6. The molecule has 0 N–H and O–H groups in total. The fourth-order valence-electron chi connectivity index (χ4n) is 2.80. The smallest absolute Gasteiger partial charge is 0.0257 e. The first-order valence-electron chi connectivity index (χ1n) is 11.5. The van der Waals surface area contributed by atoms with Gasteiger partial charge in [-0.25, -0.2) is 0 Å². The van der Waals surface area contributed by atoms with Gasteiger partial charge >= 0.3 is 0 Å². The molecule has 0 bridgehead atoms. The molecular weight excluding hydrogens is 398 g/mol. The van der Waals surface area contributed by atoms with Gasteiger partial charge in [0.15, 0.2) is 0 Å². The van der Waals surface area contributed by atoms with Gasteiger partial charge in [0, 0.05) is 0 Å². The highest BCUT2D eigenvalue weighted by Crippen LogP contribution is 2.33. The summed E-state index contributed by atoms with van der Waals surface area (Å²) in [5.41, 5.74) is 2.44. The zero-order valence-electron chi connectivity index (χ0n) is 20.2. The Balaban J connectivity index is 0.000000503. The highest BCUT2D eigenvalue weighted by molar-refractivity contribution is 7.57. The van der Waals surface area contributed by atoms with Crippen molar-refractivity contribution in [2.75, 3.05) is 37.0 Å². The molecule has 0 atom stereocenters. The van der Waals surface area contributed by atoms with Crippen LogP contribution >= 0.6 is 15.8 Å². The summed E-state index contributed by atoms with van der Waals surface area (Å²) in [6, 6.07) is 20.6. The first-order chi connectivity index (χ1) is 14.6. The molecule has 0 aliphatic heterocycles. The van der Waals surface area contributed by atoms with Crippen molar-refractivity contribution in [1.82, 2.24) is 0 Å². The Hall–Kier alpha value is -1.22. The topological polar surface area (TPSA) is 0 Å². The zero-order valence-corrected chi connectivity index (χ0v) is 22.0. The molecule has 2 aromatic rings. The summed E-state index contributed by atoms with van der Waals surface area (Å²) in [5, 5.41) is 0. The second kappa shape index (κ2) is 21.0. The predicted octanol–water partition coefficient (Wildman–Crippen LogP) is 9.47. The third-order valence-electron chi connectivity index (χ3n) is 4.97. The molecule has 0 spiro atoms.